The first kappa shape index (κ1) is 21.9. The molecule has 7 heteroatoms. The van der Waals surface area contributed by atoms with E-state index >= 15 is 0 Å². The molecule has 1 aromatic heterocycles. The van der Waals surface area contributed by atoms with Crippen LogP contribution < -0.4 is 5.32 Å². The van der Waals surface area contributed by atoms with Crippen molar-refractivity contribution in [1.82, 2.24) is 15.2 Å². The molecule has 1 aliphatic rings. The summed E-state index contributed by atoms with van der Waals surface area (Å²) in [6.45, 7) is 5.86. The molecule has 1 fully saturated rings. The number of carbonyl (C=O) groups is 1. The molecule has 1 aromatic carbocycles. The van der Waals surface area contributed by atoms with Gasteiger partial charge in [0.25, 0.3) is 0 Å². The number of aromatic nitrogens is 1. The van der Waals surface area contributed by atoms with Crippen LogP contribution in [0.3, 0.4) is 0 Å². The standard InChI is InChI=1S/C18H23N3OS.2ClH/c1-12-16(23-17(20-12)14-7-5-4-6-8-14)13(2)21(3)18(22)15-9-10-19-11-15;;/h4-8,13,15,19H,9-11H2,1-3H3;2*1H. The SMILES string of the molecule is Cc1nc(-c2ccccc2)sc1C(C)N(C)C(=O)C1CCNC1.Cl.Cl. The summed E-state index contributed by atoms with van der Waals surface area (Å²) in [6, 6.07) is 10.3. The Kier molecular flexibility index (Phi) is 8.35. The first-order valence-electron chi connectivity index (χ1n) is 8.08. The van der Waals surface area contributed by atoms with Crippen LogP contribution in [0, 0.1) is 12.8 Å². The Morgan fingerprint density at radius 2 is 2.00 bits per heavy atom. The smallest absolute Gasteiger partial charge is 0.227 e. The van der Waals surface area contributed by atoms with Crippen molar-refractivity contribution in [3.05, 3.63) is 40.9 Å². The highest BCUT2D eigenvalue weighted by Gasteiger charge is 2.29. The molecule has 0 aliphatic carbocycles. The molecule has 0 saturated carbocycles. The molecule has 25 heavy (non-hydrogen) atoms. The molecule has 2 atom stereocenters. The van der Waals surface area contributed by atoms with Gasteiger partial charge in [-0.1, -0.05) is 30.3 Å². The number of thiazole rings is 1. The summed E-state index contributed by atoms with van der Waals surface area (Å²) >= 11 is 1.69. The van der Waals surface area contributed by atoms with Crippen LogP contribution in [0.1, 0.15) is 30.0 Å². The summed E-state index contributed by atoms with van der Waals surface area (Å²) in [6.07, 6.45) is 0.937. The second-order valence-corrected chi connectivity index (χ2v) is 7.18. The van der Waals surface area contributed by atoms with E-state index in [-0.39, 0.29) is 42.7 Å². The van der Waals surface area contributed by atoms with Crippen molar-refractivity contribution >= 4 is 42.1 Å². The van der Waals surface area contributed by atoms with E-state index < -0.39 is 0 Å². The fraction of sp³-hybridized carbons (Fsp3) is 0.444. The van der Waals surface area contributed by atoms with E-state index in [0.29, 0.717) is 0 Å². The lowest BCUT2D eigenvalue weighted by molar-refractivity contribution is -0.135. The van der Waals surface area contributed by atoms with Crippen LogP contribution in [0.5, 0.6) is 0 Å². The Morgan fingerprint density at radius 1 is 1.32 bits per heavy atom. The number of hydrogen-bond donors (Lipinski definition) is 1. The maximum Gasteiger partial charge on any atom is 0.227 e. The highest BCUT2D eigenvalue weighted by atomic mass is 35.5. The predicted octanol–water partition coefficient (Wildman–Crippen LogP) is 4.09. The third-order valence-electron chi connectivity index (χ3n) is 4.57. The number of halogens is 2. The first-order chi connectivity index (χ1) is 11.1. The number of benzene rings is 1. The lowest BCUT2D eigenvalue weighted by atomic mass is 10.1. The van der Waals surface area contributed by atoms with Crippen LogP contribution in [-0.4, -0.2) is 35.9 Å². The molecule has 1 saturated heterocycles. The minimum absolute atomic E-state index is 0. The number of hydrogen-bond acceptors (Lipinski definition) is 4. The average molecular weight is 402 g/mol. The minimum atomic E-state index is 0. The summed E-state index contributed by atoms with van der Waals surface area (Å²) in [5, 5.41) is 4.29. The number of nitrogens with zero attached hydrogens (tertiary/aromatic N) is 2. The van der Waals surface area contributed by atoms with Crippen LogP contribution in [-0.2, 0) is 4.79 Å². The Bertz CT molecular complexity index is 687. The summed E-state index contributed by atoms with van der Waals surface area (Å²) in [5.74, 6) is 0.348. The van der Waals surface area contributed by atoms with Gasteiger partial charge in [-0.3, -0.25) is 4.79 Å². The van der Waals surface area contributed by atoms with Gasteiger partial charge < -0.3 is 10.2 Å². The van der Waals surface area contributed by atoms with Crippen molar-refractivity contribution in [3.8, 4) is 10.6 Å². The highest BCUT2D eigenvalue weighted by molar-refractivity contribution is 7.15. The molecule has 0 radical (unpaired) electrons. The second kappa shape index (κ2) is 9.53. The van der Waals surface area contributed by atoms with Crippen molar-refractivity contribution in [2.75, 3.05) is 20.1 Å². The Balaban J connectivity index is 0.00000156. The first-order valence-corrected chi connectivity index (χ1v) is 8.89. The monoisotopic (exact) mass is 401 g/mol. The molecule has 1 N–H and O–H groups in total. The molecule has 2 aromatic rings. The molecule has 138 valence electrons. The average Bonchev–Trinajstić information content (AvgIpc) is 3.23. The molecule has 0 bridgehead atoms. The van der Waals surface area contributed by atoms with Crippen LogP contribution in [0.4, 0.5) is 0 Å². The zero-order valence-electron chi connectivity index (χ0n) is 14.7. The molecule has 1 aliphatic heterocycles. The van der Waals surface area contributed by atoms with Crippen molar-refractivity contribution in [3.63, 3.8) is 0 Å². The maximum atomic E-state index is 12.6. The quantitative estimate of drug-likeness (QED) is 0.838. The van der Waals surface area contributed by atoms with E-state index in [1.165, 1.54) is 4.88 Å². The number of amides is 1. The summed E-state index contributed by atoms with van der Waals surface area (Å²) in [5.41, 5.74) is 2.15. The maximum absolute atomic E-state index is 12.6. The molecular formula is C18H25Cl2N3OS. The van der Waals surface area contributed by atoms with Gasteiger partial charge in [0.1, 0.15) is 5.01 Å². The normalized spacial score (nSPS) is 17.3. The van der Waals surface area contributed by atoms with Gasteiger partial charge in [-0.05, 0) is 26.8 Å². The van der Waals surface area contributed by atoms with Crippen LogP contribution in [0.2, 0.25) is 0 Å². The molecule has 2 heterocycles. The van der Waals surface area contributed by atoms with Gasteiger partial charge in [-0.25, -0.2) is 4.98 Å². The molecule has 2 unspecified atom stereocenters. The third kappa shape index (κ3) is 4.73. The van der Waals surface area contributed by atoms with E-state index in [1.54, 1.807) is 11.3 Å². The summed E-state index contributed by atoms with van der Waals surface area (Å²) in [7, 11) is 1.91. The molecule has 3 rings (SSSR count). The summed E-state index contributed by atoms with van der Waals surface area (Å²) < 4.78 is 0. The van der Waals surface area contributed by atoms with E-state index in [9.17, 15) is 4.79 Å². The fourth-order valence-corrected chi connectivity index (χ4v) is 4.19. The van der Waals surface area contributed by atoms with E-state index in [0.717, 1.165) is 35.8 Å². The van der Waals surface area contributed by atoms with E-state index in [4.69, 9.17) is 4.98 Å². The largest absolute Gasteiger partial charge is 0.338 e. The number of aryl methyl sites for hydroxylation is 1. The van der Waals surface area contributed by atoms with Gasteiger partial charge in [0.2, 0.25) is 5.91 Å². The van der Waals surface area contributed by atoms with Gasteiger partial charge in [0, 0.05) is 19.2 Å². The highest BCUT2D eigenvalue weighted by Crippen LogP contribution is 2.34. The molecule has 0 spiro atoms. The molecule has 1 amide bonds. The Labute approximate surface area is 165 Å². The predicted molar refractivity (Wildman–Crippen MR) is 109 cm³/mol. The van der Waals surface area contributed by atoms with Crippen LogP contribution >= 0.6 is 36.2 Å². The topological polar surface area (TPSA) is 45.2 Å². The third-order valence-corrected chi connectivity index (χ3v) is 5.95. The van der Waals surface area contributed by atoms with Gasteiger partial charge in [0.05, 0.1) is 22.5 Å². The van der Waals surface area contributed by atoms with Crippen molar-refractivity contribution < 1.29 is 4.79 Å². The minimum Gasteiger partial charge on any atom is -0.338 e. The van der Waals surface area contributed by atoms with Gasteiger partial charge in [-0.2, -0.15) is 0 Å². The lowest BCUT2D eigenvalue weighted by Crippen LogP contribution is -2.35. The molecular weight excluding hydrogens is 377 g/mol. The van der Waals surface area contributed by atoms with Gasteiger partial charge in [-0.15, -0.1) is 36.2 Å². The number of nitrogens with one attached hydrogen (secondary N) is 1. The van der Waals surface area contributed by atoms with E-state index in [1.807, 2.05) is 37.1 Å². The zero-order chi connectivity index (χ0) is 16.4. The second-order valence-electron chi connectivity index (χ2n) is 6.15. The van der Waals surface area contributed by atoms with Crippen LogP contribution in [0.25, 0.3) is 10.6 Å². The van der Waals surface area contributed by atoms with Crippen molar-refractivity contribution in [1.29, 1.82) is 0 Å². The zero-order valence-corrected chi connectivity index (χ0v) is 17.1. The Hall–Kier alpha value is -1.14. The van der Waals surface area contributed by atoms with Gasteiger partial charge >= 0.3 is 0 Å². The number of rotatable bonds is 4. The Morgan fingerprint density at radius 3 is 2.60 bits per heavy atom. The molecule has 4 nitrogen and oxygen atoms in total. The van der Waals surface area contributed by atoms with Gasteiger partial charge in [0.15, 0.2) is 0 Å². The fourth-order valence-electron chi connectivity index (χ4n) is 3.02. The van der Waals surface area contributed by atoms with Crippen molar-refractivity contribution in [2.24, 2.45) is 5.92 Å². The lowest BCUT2D eigenvalue weighted by Gasteiger charge is -2.27. The van der Waals surface area contributed by atoms with E-state index in [2.05, 4.69) is 24.4 Å². The number of carbonyl (C=O) groups excluding carboxylic acids is 1. The summed E-state index contributed by atoms with van der Waals surface area (Å²) in [4.78, 5) is 20.4. The van der Waals surface area contributed by atoms with Crippen molar-refractivity contribution in [2.45, 2.75) is 26.3 Å². The van der Waals surface area contributed by atoms with Crippen LogP contribution in [0.15, 0.2) is 30.3 Å².